The number of carbonyl (C=O) groups is 2. The van der Waals surface area contributed by atoms with Gasteiger partial charge in [-0.1, -0.05) is 30.3 Å². The van der Waals surface area contributed by atoms with Crippen molar-refractivity contribution in [3.05, 3.63) is 59.9 Å². The highest BCUT2D eigenvalue weighted by atomic mass is 19.4. The van der Waals surface area contributed by atoms with E-state index in [1.807, 2.05) is 49.3 Å². The second-order valence-corrected chi connectivity index (χ2v) is 5.98. The van der Waals surface area contributed by atoms with Crippen LogP contribution in [0.15, 0.2) is 48.7 Å². The third kappa shape index (κ3) is 5.78. The van der Waals surface area contributed by atoms with E-state index in [1.165, 1.54) is 0 Å². The highest BCUT2D eigenvalue weighted by Crippen LogP contribution is 2.27. The first-order chi connectivity index (χ1) is 12.7. The maximum atomic E-state index is 12.5. The number of benzene rings is 1. The number of aromatic nitrogens is 1. The van der Waals surface area contributed by atoms with Gasteiger partial charge in [0.2, 0.25) is 0 Å². The van der Waals surface area contributed by atoms with E-state index in [0.717, 1.165) is 23.9 Å². The van der Waals surface area contributed by atoms with Gasteiger partial charge in [0.1, 0.15) is 5.69 Å². The van der Waals surface area contributed by atoms with Crippen molar-refractivity contribution in [3.63, 3.8) is 0 Å². The van der Waals surface area contributed by atoms with Crippen molar-refractivity contribution >= 4 is 17.5 Å². The van der Waals surface area contributed by atoms with E-state index in [0.29, 0.717) is 0 Å². The molecule has 2 amide bonds. The van der Waals surface area contributed by atoms with Crippen LogP contribution in [0.4, 0.5) is 18.9 Å². The van der Waals surface area contributed by atoms with Gasteiger partial charge in [0, 0.05) is 6.54 Å². The Labute approximate surface area is 154 Å². The Morgan fingerprint density at radius 1 is 1.07 bits per heavy atom. The van der Waals surface area contributed by atoms with Gasteiger partial charge in [-0.25, -0.2) is 4.98 Å². The predicted molar refractivity (Wildman–Crippen MR) is 93.7 cm³/mol. The number of amides is 2. The number of rotatable bonds is 5. The Morgan fingerprint density at radius 2 is 1.74 bits per heavy atom. The van der Waals surface area contributed by atoms with Crippen LogP contribution in [0.1, 0.15) is 17.3 Å². The first kappa shape index (κ1) is 20.4. The number of carbonyl (C=O) groups excluding carboxylic acids is 2. The fraction of sp³-hybridized carbons (Fsp3) is 0.278. The van der Waals surface area contributed by atoms with Crippen LogP contribution < -0.4 is 10.6 Å². The van der Waals surface area contributed by atoms with E-state index in [9.17, 15) is 22.8 Å². The van der Waals surface area contributed by atoms with Gasteiger partial charge in [-0.2, -0.15) is 13.2 Å². The summed E-state index contributed by atoms with van der Waals surface area (Å²) in [6.07, 6.45) is -3.72. The zero-order chi connectivity index (χ0) is 20.0. The molecule has 0 saturated carbocycles. The molecular weight excluding hydrogens is 361 g/mol. The van der Waals surface area contributed by atoms with Crippen LogP contribution in [-0.4, -0.2) is 42.3 Å². The first-order valence-electron chi connectivity index (χ1n) is 8.02. The Morgan fingerprint density at radius 3 is 2.26 bits per heavy atom. The summed E-state index contributed by atoms with van der Waals surface area (Å²) >= 11 is 0. The summed E-state index contributed by atoms with van der Waals surface area (Å²) in [4.78, 5) is 29.0. The number of hydrogen-bond donors (Lipinski definition) is 2. The summed E-state index contributed by atoms with van der Waals surface area (Å²) in [7, 11) is 3.69. The molecule has 2 rings (SSSR count). The first-order valence-corrected chi connectivity index (χ1v) is 8.02. The minimum atomic E-state index is -4.57. The Bertz CT molecular complexity index is 777. The Kier molecular flexibility index (Phi) is 6.51. The molecule has 0 saturated heterocycles. The molecule has 0 fully saturated rings. The van der Waals surface area contributed by atoms with Crippen molar-refractivity contribution in [2.75, 3.05) is 26.0 Å². The summed E-state index contributed by atoms with van der Waals surface area (Å²) in [5.74, 6) is -1.88. The molecule has 0 aliphatic rings. The number of nitrogens with one attached hydrogen (secondary N) is 2. The van der Waals surface area contributed by atoms with E-state index in [2.05, 4.69) is 15.6 Å². The van der Waals surface area contributed by atoms with Crippen molar-refractivity contribution in [3.8, 4) is 0 Å². The van der Waals surface area contributed by atoms with E-state index in [4.69, 9.17) is 0 Å². The molecular formula is C18H19F3N4O2. The summed E-state index contributed by atoms with van der Waals surface area (Å²) in [6, 6.07) is 11.1. The fourth-order valence-electron chi connectivity index (χ4n) is 2.37. The average molecular weight is 380 g/mol. The SMILES string of the molecule is CN(C)[C@H](CNC(=O)C(=O)Nc1ccc(C(F)(F)F)nc1)c1ccccc1. The number of alkyl halides is 3. The molecule has 144 valence electrons. The largest absolute Gasteiger partial charge is 0.433 e. The van der Waals surface area contributed by atoms with E-state index >= 15 is 0 Å². The molecule has 0 aliphatic heterocycles. The molecule has 1 aromatic heterocycles. The summed E-state index contributed by atoms with van der Waals surface area (Å²) < 4.78 is 37.4. The zero-order valence-corrected chi connectivity index (χ0v) is 14.7. The molecule has 0 unspecified atom stereocenters. The molecule has 1 atom stereocenters. The van der Waals surface area contributed by atoms with Crippen LogP contribution >= 0.6 is 0 Å². The van der Waals surface area contributed by atoms with Gasteiger partial charge in [0.05, 0.1) is 17.9 Å². The van der Waals surface area contributed by atoms with Crippen LogP contribution in [0.25, 0.3) is 0 Å². The lowest BCUT2D eigenvalue weighted by molar-refractivity contribution is -0.141. The average Bonchev–Trinajstić information content (AvgIpc) is 2.62. The van der Waals surface area contributed by atoms with E-state index in [-0.39, 0.29) is 18.3 Å². The number of nitrogens with zero attached hydrogens (tertiary/aromatic N) is 2. The lowest BCUT2D eigenvalue weighted by Gasteiger charge is -2.25. The lowest BCUT2D eigenvalue weighted by Crippen LogP contribution is -2.40. The molecule has 0 aliphatic carbocycles. The molecule has 0 bridgehead atoms. The smallest absolute Gasteiger partial charge is 0.346 e. The highest BCUT2D eigenvalue weighted by Gasteiger charge is 2.32. The second-order valence-electron chi connectivity index (χ2n) is 5.98. The van der Waals surface area contributed by atoms with E-state index in [1.54, 1.807) is 0 Å². The normalized spacial score (nSPS) is 12.5. The molecule has 0 spiro atoms. The Balaban J connectivity index is 1.94. The van der Waals surface area contributed by atoms with Crippen molar-refractivity contribution in [2.24, 2.45) is 0 Å². The topological polar surface area (TPSA) is 74.3 Å². The third-order valence-electron chi connectivity index (χ3n) is 3.78. The van der Waals surface area contributed by atoms with Crippen molar-refractivity contribution in [2.45, 2.75) is 12.2 Å². The van der Waals surface area contributed by atoms with Crippen molar-refractivity contribution in [1.82, 2.24) is 15.2 Å². The predicted octanol–water partition coefficient (Wildman–Crippen LogP) is 2.46. The van der Waals surface area contributed by atoms with Gasteiger partial charge in [-0.15, -0.1) is 0 Å². The minimum absolute atomic E-state index is 0.00429. The summed E-state index contributed by atoms with van der Waals surface area (Å²) in [6.45, 7) is 0.189. The summed E-state index contributed by atoms with van der Waals surface area (Å²) in [5.41, 5.74) is -0.118. The number of halogens is 3. The molecule has 0 radical (unpaired) electrons. The van der Waals surface area contributed by atoms with Gasteiger partial charge < -0.3 is 15.5 Å². The van der Waals surface area contributed by atoms with E-state index < -0.39 is 23.7 Å². The van der Waals surface area contributed by atoms with Gasteiger partial charge in [-0.05, 0) is 31.8 Å². The number of hydrogen-bond acceptors (Lipinski definition) is 4. The number of anilines is 1. The van der Waals surface area contributed by atoms with Gasteiger partial charge >= 0.3 is 18.0 Å². The fourth-order valence-corrected chi connectivity index (χ4v) is 2.37. The standard InChI is InChI=1S/C18H19F3N4O2/c1-25(2)14(12-6-4-3-5-7-12)11-23-16(26)17(27)24-13-8-9-15(22-10-13)18(19,20)21/h3-10,14H,11H2,1-2H3,(H,23,26)(H,24,27)/t14-/m1/s1. The minimum Gasteiger partial charge on any atom is -0.346 e. The lowest BCUT2D eigenvalue weighted by atomic mass is 10.1. The van der Waals surface area contributed by atoms with Gasteiger partial charge in [-0.3, -0.25) is 9.59 Å². The number of likely N-dealkylation sites (N-methyl/N-ethyl adjacent to an activating group) is 1. The van der Waals surface area contributed by atoms with Crippen LogP contribution in [-0.2, 0) is 15.8 Å². The monoisotopic (exact) mass is 380 g/mol. The molecule has 2 N–H and O–H groups in total. The number of pyridine rings is 1. The van der Waals surface area contributed by atoms with Gasteiger partial charge in [0.15, 0.2) is 0 Å². The van der Waals surface area contributed by atoms with Gasteiger partial charge in [0.25, 0.3) is 0 Å². The highest BCUT2D eigenvalue weighted by molar-refractivity contribution is 6.39. The van der Waals surface area contributed by atoms with Crippen LogP contribution in [0.5, 0.6) is 0 Å². The van der Waals surface area contributed by atoms with Crippen LogP contribution in [0.2, 0.25) is 0 Å². The second kappa shape index (κ2) is 8.63. The van der Waals surface area contributed by atoms with Crippen LogP contribution in [0, 0.1) is 0 Å². The molecule has 1 aromatic carbocycles. The third-order valence-corrected chi connectivity index (χ3v) is 3.78. The molecule has 2 aromatic rings. The Hall–Kier alpha value is -2.94. The maximum absolute atomic E-state index is 12.5. The molecule has 27 heavy (non-hydrogen) atoms. The zero-order valence-electron chi connectivity index (χ0n) is 14.7. The molecule has 9 heteroatoms. The maximum Gasteiger partial charge on any atom is 0.433 e. The van der Waals surface area contributed by atoms with Crippen LogP contribution in [0.3, 0.4) is 0 Å². The van der Waals surface area contributed by atoms with Crippen molar-refractivity contribution in [1.29, 1.82) is 0 Å². The summed E-state index contributed by atoms with van der Waals surface area (Å²) in [5, 5.41) is 4.74. The quantitative estimate of drug-likeness (QED) is 0.782. The molecule has 1 heterocycles. The molecule has 6 nitrogen and oxygen atoms in total. The van der Waals surface area contributed by atoms with Crippen molar-refractivity contribution < 1.29 is 22.8 Å².